The third-order valence-corrected chi connectivity index (χ3v) is 5.83. The summed E-state index contributed by atoms with van der Waals surface area (Å²) in [7, 11) is 0. The molecule has 0 aromatic carbocycles. The minimum atomic E-state index is -0.419. The fraction of sp³-hybridized carbons (Fsp3) is 0.550. The Balaban J connectivity index is 1.37. The van der Waals surface area contributed by atoms with Crippen LogP contribution >= 0.6 is 0 Å². The number of H-pyrrole nitrogens is 1. The van der Waals surface area contributed by atoms with Crippen molar-refractivity contribution in [1.29, 1.82) is 0 Å². The highest BCUT2D eigenvalue weighted by molar-refractivity contribution is 5.86. The van der Waals surface area contributed by atoms with Crippen molar-refractivity contribution >= 4 is 11.8 Å². The molecule has 0 saturated carbocycles. The average molecular weight is 382 g/mol. The van der Waals surface area contributed by atoms with Crippen LogP contribution in [0.2, 0.25) is 0 Å². The lowest BCUT2D eigenvalue weighted by Crippen LogP contribution is -2.50. The van der Waals surface area contributed by atoms with Gasteiger partial charge < -0.3 is 9.80 Å². The first-order valence-corrected chi connectivity index (χ1v) is 9.90. The van der Waals surface area contributed by atoms with Crippen molar-refractivity contribution in [2.75, 3.05) is 19.6 Å². The van der Waals surface area contributed by atoms with Gasteiger partial charge in [-0.3, -0.25) is 19.7 Å². The molecule has 28 heavy (non-hydrogen) atoms. The van der Waals surface area contributed by atoms with Gasteiger partial charge in [-0.2, -0.15) is 5.10 Å². The number of rotatable bonds is 5. The molecule has 1 N–H and O–H groups in total. The van der Waals surface area contributed by atoms with Gasteiger partial charge in [0.25, 0.3) is 0 Å². The minimum Gasteiger partial charge on any atom is -0.342 e. The number of hydrogen-bond donors (Lipinski definition) is 1. The summed E-state index contributed by atoms with van der Waals surface area (Å²) in [5, 5.41) is 6.89. The number of carbonyl (C=O) groups excluding carboxylic acids is 2. The van der Waals surface area contributed by atoms with E-state index in [-0.39, 0.29) is 11.8 Å². The molecule has 0 aliphatic carbocycles. The lowest BCUT2D eigenvalue weighted by molar-refractivity contribution is -0.146. The lowest BCUT2D eigenvalue weighted by Gasteiger charge is -2.39. The second-order valence-electron chi connectivity index (χ2n) is 7.87. The molecule has 0 bridgehead atoms. The summed E-state index contributed by atoms with van der Waals surface area (Å²) in [6.07, 6.45) is 7.03. The summed E-state index contributed by atoms with van der Waals surface area (Å²) in [5.41, 5.74) is 0.623. The van der Waals surface area contributed by atoms with Gasteiger partial charge in [0.15, 0.2) is 5.82 Å². The Morgan fingerprint density at radius 2 is 2.21 bits per heavy atom. The number of carbonyl (C=O) groups is 2. The number of likely N-dealkylation sites (tertiary alicyclic amines) is 2. The van der Waals surface area contributed by atoms with E-state index in [1.54, 1.807) is 6.20 Å². The molecule has 1 atom stereocenters. The molecular weight excluding hydrogens is 356 g/mol. The molecule has 0 unspecified atom stereocenters. The van der Waals surface area contributed by atoms with Crippen molar-refractivity contribution in [1.82, 2.24) is 30.0 Å². The van der Waals surface area contributed by atoms with Crippen molar-refractivity contribution in [3.8, 4) is 0 Å². The average Bonchev–Trinajstić information content (AvgIpc) is 3.32. The Morgan fingerprint density at radius 3 is 2.96 bits per heavy atom. The first-order chi connectivity index (χ1) is 13.6. The number of aromatic amines is 1. The zero-order valence-corrected chi connectivity index (χ0v) is 16.2. The normalized spacial score (nSPS) is 22.2. The Morgan fingerprint density at radius 1 is 1.32 bits per heavy atom. The fourth-order valence-electron chi connectivity index (χ4n) is 4.36. The molecule has 4 heterocycles. The van der Waals surface area contributed by atoms with Crippen LogP contribution < -0.4 is 0 Å². The van der Waals surface area contributed by atoms with Crippen LogP contribution in [0.4, 0.5) is 0 Å². The second-order valence-corrected chi connectivity index (χ2v) is 7.87. The zero-order valence-electron chi connectivity index (χ0n) is 16.2. The van der Waals surface area contributed by atoms with E-state index in [9.17, 15) is 9.59 Å². The molecule has 148 valence electrons. The molecule has 8 heteroatoms. The number of pyridine rings is 1. The van der Waals surface area contributed by atoms with Crippen molar-refractivity contribution in [3.63, 3.8) is 0 Å². The molecule has 2 aliphatic heterocycles. The topological polar surface area (TPSA) is 95.1 Å². The first-order valence-electron chi connectivity index (χ1n) is 9.90. The first kappa shape index (κ1) is 18.6. The zero-order chi connectivity index (χ0) is 19.6. The summed E-state index contributed by atoms with van der Waals surface area (Å²) in [4.78, 5) is 38.1. The van der Waals surface area contributed by atoms with Gasteiger partial charge in [-0.25, -0.2) is 4.98 Å². The van der Waals surface area contributed by atoms with Crippen LogP contribution in [0, 0.1) is 12.3 Å². The van der Waals surface area contributed by atoms with E-state index in [1.807, 2.05) is 35.1 Å². The maximum atomic E-state index is 13.2. The quantitative estimate of drug-likeness (QED) is 0.845. The Labute approximate surface area is 164 Å². The molecule has 2 aliphatic rings. The van der Waals surface area contributed by atoms with Gasteiger partial charge in [-0.15, -0.1) is 0 Å². The van der Waals surface area contributed by atoms with Crippen LogP contribution in [0.5, 0.6) is 0 Å². The number of aromatic nitrogens is 4. The van der Waals surface area contributed by atoms with Crippen LogP contribution in [0.3, 0.4) is 0 Å². The van der Waals surface area contributed by atoms with Gasteiger partial charge in [0, 0.05) is 51.4 Å². The molecule has 1 spiro atoms. The predicted octanol–water partition coefficient (Wildman–Crippen LogP) is 1.48. The Bertz CT molecular complexity index is 851. The molecule has 2 aromatic rings. The van der Waals surface area contributed by atoms with Crippen LogP contribution in [-0.4, -0.2) is 61.4 Å². The third-order valence-electron chi connectivity index (χ3n) is 5.83. The second kappa shape index (κ2) is 7.69. The van der Waals surface area contributed by atoms with Crippen LogP contribution in [0.25, 0.3) is 0 Å². The highest BCUT2D eigenvalue weighted by Gasteiger charge is 2.49. The molecule has 0 radical (unpaired) electrons. The highest BCUT2D eigenvalue weighted by atomic mass is 16.2. The SMILES string of the molecule is Cc1nc(CCC(=O)N2CC[C@@]3(CCCN(Cc4cccnc4)C3=O)C2)n[nH]1. The van der Waals surface area contributed by atoms with Crippen LogP contribution in [0.1, 0.15) is 42.9 Å². The molecule has 8 nitrogen and oxygen atoms in total. The van der Waals surface area contributed by atoms with E-state index >= 15 is 0 Å². The molecule has 2 saturated heterocycles. The van der Waals surface area contributed by atoms with Gasteiger partial charge in [0.2, 0.25) is 11.8 Å². The number of aryl methyl sites for hydroxylation is 2. The summed E-state index contributed by atoms with van der Waals surface area (Å²) in [6, 6.07) is 3.89. The summed E-state index contributed by atoms with van der Waals surface area (Å²) < 4.78 is 0. The van der Waals surface area contributed by atoms with E-state index in [1.165, 1.54) is 0 Å². The monoisotopic (exact) mass is 382 g/mol. The molecule has 2 fully saturated rings. The van der Waals surface area contributed by atoms with E-state index in [2.05, 4.69) is 20.2 Å². The summed E-state index contributed by atoms with van der Waals surface area (Å²) in [6.45, 7) is 4.38. The number of amides is 2. The summed E-state index contributed by atoms with van der Waals surface area (Å²) >= 11 is 0. The van der Waals surface area contributed by atoms with Gasteiger partial charge in [0.1, 0.15) is 5.82 Å². The lowest BCUT2D eigenvalue weighted by atomic mass is 9.78. The van der Waals surface area contributed by atoms with E-state index < -0.39 is 5.41 Å². The van der Waals surface area contributed by atoms with E-state index in [0.717, 1.165) is 37.2 Å². The number of hydrogen-bond acceptors (Lipinski definition) is 5. The maximum Gasteiger partial charge on any atom is 0.230 e. The third kappa shape index (κ3) is 3.76. The Kier molecular flexibility index (Phi) is 5.11. The highest BCUT2D eigenvalue weighted by Crippen LogP contribution is 2.40. The van der Waals surface area contributed by atoms with Gasteiger partial charge in [0.05, 0.1) is 5.41 Å². The van der Waals surface area contributed by atoms with Crippen molar-refractivity contribution < 1.29 is 9.59 Å². The van der Waals surface area contributed by atoms with Crippen molar-refractivity contribution in [2.45, 2.75) is 45.6 Å². The molecule has 2 aromatic heterocycles. The standard InChI is InChI=1S/C20H26N6O2/c1-15-22-17(24-23-15)5-6-18(27)26-11-8-20(14-26)7-3-10-25(19(20)28)13-16-4-2-9-21-12-16/h2,4,9,12H,3,5-8,10-11,13-14H2,1H3,(H,22,23,24)/t20-/m0/s1. The fourth-order valence-corrected chi connectivity index (χ4v) is 4.36. The van der Waals surface area contributed by atoms with E-state index in [0.29, 0.717) is 38.3 Å². The predicted molar refractivity (Wildman–Crippen MR) is 102 cm³/mol. The largest absolute Gasteiger partial charge is 0.342 e. The summed E-state index contributed by atoms with van der Waals surface area (Å²) in [5.74, 6) is 1.68. The van der Waals surface area contributed by atoms with Crippen molar-refractivity contribution in [3.05, 3.63) is 41.7 Å². The van der Waals surface area contributed by atoms with Gasteiger partial charge in [-0.1, -0.05) is 6.07 Å². The molecular formula is C20H26N6O2. The maximum absolute atomic E-state index is 13.2. The van der Waals surface area contributed by atoms with E-state index in [4.69, 9.17) is 0 Å². The molecule has 4 rings (SSSR count). The van der Waals surface area contributed by atoms with Crippen LogP contribution in [-0.2, 0) is 22.6 Å². The minimum absolute atomic E-state index is 0.0801. The number of nitrogens with one attached hydrogen (secondary N) is 1. The van der Waals surface area contributed by atoms with Gasteiger partial charge in [-0.05, 0) is 37.8 Å². The number of piperidine rings is 1. The van der Waals surface area contributed by atoms with Crippen molar-refractivity contribution in [2.24, 2.45) is 5.41 Å². The van der Waals surface area contributed by atoms with Crippen LogP contribution in [0.15, 0.2) is 24.5 Å². The smallest absolute Gasteiger partial charge is 0.230 e. The van der Waals surface area contributed by atoms with Gasteiger partial charge >= 0.3 is 0 Å². The molecule has 2 amide bonds. The number of nitrogens with zero attached hydrogens (tertiary/aromatic N) is 5. The Hall–Kier alpha value is -2.77.